The summed E-state index contributed by atoms with van der Waals surface area (Å²) in [5.74, 6) is -6.34. The van der Waals surface area contributed by atoms with Crippen molar-refractivity contribution in [1.29, 1.82) is 0 Å². The highest BCUT2D eigenvalue weighted by molar-refractivity contribution is 5.75. The first kappa shape index (κ1) is 29.1. The molecule has 0 bridgehead atoms. The van der Waals surface area contributed by atoms with E-state index in [0.717, 1.165) is 31.7 Å². The maximum absolute atomic E-state index is 15.2. The lowest BCUT2D eigenvalue weighted by atomic mass is 9.77. The summed E-state index contributed by atoms with van der Waals surface area (Å²) in [6.07, 6.45) is 7.14. The molecular formula is C31H36F4O4. The molecule has 212 valence electrons. The molecule has 0 radical (unpaired) electrons. The SMILES string of the molecule is C=CCCOc1ccc(OC(=O)C2CCC(c3ccc(C4CCC(OCC)CC4)c(F)c3F)CC2)c(F)c1F. The van der Waals surface area contributed by atoms with Gasteiger partial charge in [0, 0.05) is 6.61 Å². The predicted molar refractivity (Wildman–Crippen MR) is 140 cm³/mol. The summed E-state index contributed by atoms with van der Waals surface area (Å²) >= 11 is 0. The van der Waals surface area contributed by atoms with E-state index in [0.29, 0.717) is 49.8 Å². The Kier molecular flexibility index (Phi) is 10.1. The molecule has 0 N–H and O–H groups in total. The summed E-state index contributed by atoms with van der Waals surface area (Å²) in [7, 11) is 0. The Hall–Kier alpha value is -2.87. The number of hydrogen-bond donors (Lipinski definition) is 0. The highest BCUT2D eigenvalue weighted by atomic mass is 19.2. The summed E-state index contributed by atoms with van der Waals surface area (Å²) in [5.41, 5.74) is 0.751. The number of hydrogen-bond acceptors (Lipinski definition) is 4. The molecule has 2 fully saturated rings. The number of halogens is 4. The van der Waals surface area contributed by atoms with Gasteiger partial charge in [0.2, 0.25) is 11.6 Å². The summed E-state index contributed by atoms with van der Waals surface area (Å²) in [4.78, 5) is 12.7. The second-order valence-corrected chi connectivity index (χ2v) is 10.4. The molecule has 4 rings (SSSR count). The lowest BCUT2D eigenvalue weighted by Gasteiger charge is -2.30. The number of carbonyl (C=O) groups is 1. The van der Waals surface area contributed by atoms with Crippen molar-refractivity contribution < 1.29 is 36.6 Å². The summed E-state index contributed by atoms with van der Waals surface area (Å²) in [5, 5.41) is 0. The van der Waals surface area contributed by atoms with E-state index in [9.17, 15) is 13.6 Å². The van der Waals surface area contributed by atoms with Crippen molar-refractivity contribution in [2.24, 2.45) is 5.92 Å². The highest BCUT2D eigenvalue weighted by Gasteiger charge is 2.33. The first-order valence-electron chi connectivity index (χ1n) is 13.9. The molecule has 2 aromatic carbocycles. The van der Waals surface area contributed by atoms with E-state index in [4.69, 9.17) is 14.2 Å². The molecule has 0 aromatic heterocycles. The minimum Gasteiger partial charge on any atom is -0.490 e. The van der Waals surface area contributed by atoms with Crippen LogP contribution in [0.15, 0.2) is 36.9 Å². The number of carbonyl (C=O) groups excluding carboxylic acids is 1. The Morgan fingerprint density at radius 1 is 0.821 bits per heavy atom. The molecule has 8 heteroatoms. The zero-order valence-corrected chi connectivity index (χ0v) is 22.3. The minimum absolute atomic E-state index is 0.0197. The largest absolute Gasteiger partial charge is 0.490 e. The number of esters is 1. The Morgan fingerprint density at radius 2 is 1.36 bits per heavy atom. The second-order valence-electron chi connectivity index (χ2n) is 10.4. The first-order chi connectivity index (χ1) is 18.8. The van der Waals surface area contributed by atoms with Crippen LogP contribution in [0.4, 0.5) is 17.6 Å². The summed E-state index contributed by atoms with van der Waals surface area (Å²) in [6.45, 7) is 6.29. The Balaban J connectivity index is 1.33. The van der Waals surface area contributed by atoms with Gasteiger partial charge in [0.1, 0.15) is 0 Å². The predicted octanol–water partition coefficient (Wildman–Crippen LogP) is 8.14. The Bertz CT molecular complexity index is 1150. The third kappa shape index (κ3) is 6.83. The lowest BCUT2D eigenvalue weighted by Crippen LogP contribution is -2.26. The van der Waals surface area contributed by atoms with Crippen LogP contribution in [0.1, 0.15) is 87.7 Å². The van der Waals surface area contributed by atoms with Crippen LogP contribution < -0.4 is 9.47 Å². The number of benzene rings is 2. The van der Waals surface area contributed by atoms with Gasteiger partial charge in [-0.3, -0.25) is 4.79 Å². The van der Waals surface area contributed by atoms with E-state index in [1.54, 1.807) is 18.2 Å². The average molecular weight is 549 g/mol. The van der Waals surface area contributed by atoms with Crippen LogP contribution in [0.2, 0.25) is 0 Å². The zero-order valence-electron chi connectivity index (χ0n) is 22.3. The fraction of sp³-hybridized carbons (Fsp3) is 0.516. The minimum atomic E-state index is -1.29. The van der Waals surface area contributed by atoms with Crippen LogP contribution in [-0.2, 0) is 9.53 Å². The van der Waals surface area contributed by atoms with Gasteiger partial charge in [-0.25, -0.2) is 8.78 Å². The van der Waals surface area contributed by atoms with Crippen LogP contribution in [0, 0.1) is 29.2 Å². The van der Waals surface area contributed by atoms with Crippen molar-refractivity contribution >= 4 is 5.97 Å². The smallest absolute Gasteiger partial charge is 0.314 e. The standard InChI is InChI=1S/C31H36F4O4/c1-3-5-18-38-25-16-17-26(30(35)29(25)34)39-31(36)21-8-6-19(7-9-21)23-14-15-24(28(33)27(23)32)20-10-12-22(13-11-20)37-4-2/h3,14-17,19-22H,1,4-13,18H2,2H3. The van der Waals surface area contributed by atoms with Crippen LogP contribution in [0.3, 0.4) is 0 Å². The lowest BCUT2D eigenvalue weighted by molar-refractivity contribution is -0.140. The van der Waals surface area contributed by atoms with Crippen LogP contribution in [0.5, 0.6) is 11.5 Å². The number of ether oxygens (including phenoxy) is 3. The van der Waals surface area contributed by atoms with Crippen molar-refractivity contribution in [2.75, 3.05) is 13.2 Å². The van der Waals surface area contributed by atoms with Crippen LogP contribution in [0.25, 0.3) is 0 Å². The molecule has 2 aliphatic carbocycles. The van der Waals surface area contributed by atoms with E-state index in [1.807, 2.05) is 6.92 Å². The molecule has 0 saturated heterocycles. The van der Waals surface area contributed by atoms with Crippen molar-refractivity contribution in [1.82, 2.24) is 0 Å². The van der Waals surface area contributed by atoms with Crippen molar-refractivity contribution in [2.45, 2.75) is 82.7 Å². The summed E-state index contributed by atoms with van der Waals surface area (Å²) < 4.78 is 75.0. The third-order valence-electron chi connectivity index (χ3n) is 7.96. The molecule has 0 amide bonds. The molecule has 0 atom stereocenters. The van der Waals surface area contributed by atoms with Crippen molar-refractivity contribution in [3.8, 4) is 11.5 Å². The fourth-order valence-electron chi connectivity index (χ4n) is 5.77. The van der Waals surface area contributed by atoms with Crippen LogP contribution in [-0.4, -0.2) is 25.3 Å². The van der Waals surface area contributed by atoms with Gasteiger partial charge in [-0.1, -0.05) is 18.2 Å². The Labute approximate surface area is 227 Å². The van der Waals surface area contributed by atoms with Gasteiger partial charge in [-0.05, 0) is 99.8 Å². The van der Waals surface area contributed by atoms with Crippen LogP contribution >= 0.6 is 0 Å². The van der Waals surface area contributed by atoms with E-state index in [2.05, 4.69) is 6.58 Å². The molecule has 2 aromatic rings. The maximum Gasteiger partial charge on any atom is 0.314 e. The molecule has 0 aliphatic heterocycles. The van der Waals surface area contributed by atoms with Gasteiger partial charge in [-0.15, -0.1) is 6.58 Å². The maximum atomic E-state index is 15.2. The van der Waals surface area contributed by atoms with Gasteiger partial charge in [-0.2, -0.15) is 8.78 Å². The van der Waals surface area contributed by atoms with E-state index in [1.165, 1.54) is 6.07 Å². The first-order valence-corrected chi connectivity index (χ1v) is 13.9. The Morgan fingerprint density at radius 3 is 1.92 bits per heavy atom. The van der Waals surface area contributed by atoms with Gasteiger partial charge in [0.05, 0.1) is 18.6 Å². The van der Waals surface area contributed by atoms with E-state index in [-0.39, 0.29) is 30.3 Å². The van der Waals surface area contributed by atoms with Gasteiger partial charge in [0.25, 0.3) is 0 Å². The van der Waals surface area contributed by atoms with Gasteiger partial charge >= 0.3 is 5.97 Å². The molecule has 0 heterocycles. The topological polar surface area (TPSA) is 44.8 Å². The molecule has 2 aliphatic rings. The molecule has 4 nitrogen and oxygen atoms in total. The second kappa shape index (κ2) is 13.5. The van der Waals surface area contributed by atoms with E-state index >= 15 is 8.78 Å². The third-order valence-corrected chi connectivity index (χ3v) is 7.96. The quantitative estimate of drug-likeness (QED) is 0.0989. The molecular weight excluding hydrogens is 512 g/mol. The molecule has 2 saturated carbocycles. The molecule has 0 unspecified atom stereocenters. The zero-order chi connectivity index (χ0) is 27.9. The normalized spacial score (nSPS) is 23.3. The average Bonchev–Trinajstić information content (AvgIpc) is 2.95. The molecule has 39 heavy (non-hydrogen) atoms. The number of rotatable bonds is 10. The van der Waals surface area contributed by atoms with Gasteiger partial charge in [0.15, 0.2) is 23.1 Å². The summed E-state index contributed by atoms with van der Waals surface area (Å²) in [6, 6.07) is 5.77. The van der Waals surface area contributed by atoms with Crippen molar-refractivity contribution in [3.63, 3.8) is 0 Å². The van der Waals surface area contributed by atoms with Crippen molar-refractivity contribution in [3.05, 3.63) is 71.3 Å². The van der Waals surface area contributed by atoms with E-state index < -0.39 is 40.9 Å². The highest BCUT2D eigenvalue weighted by Crippen LogP contribution is 2.41. The molecule has 0 spiro atoms. The fourth-order valence-corrected chi connectivity index (χ4v) is 5.77. The monoisotopic (exact) mass is 548 g/mol. The van der Waals surface area contributed by atoms with Gasteiger partial charge < -0.3 is 14.2 Å².